The van der Waals surface area contributed by atoms with Crippen LogP contribution >= 0.6 is 11.6 Å². The van der Waals surface area contributed by atoms with Gasteiger partial charge in [-0.3, -0.25) is 14.2 Å². The zero-order valence-corrected chi connectivity index (χ0v) is 22.4. The first-order valence-corrected chi connectivity index (χ1v) is 14.0. The van der Waals surface area contributed by atoms with Crippen LogP contribution in [0.4, 0.5) is 11.6 Å². The number of halogens is 1. The number of sulfonamides is 1. The zero-order chi connectivity index (χ0) is 26.6. The molecule has 2 fully saturated rings. The molecule has 196 valence electrons. The van der Waals surface area contributed by atoms with Gasteiger partial charge in [0.1, 0.15) is 5.15 Å². The molecular formula is C24H27ClN6O5S. The van der Waals surface area contributed by atoms with Crippen molar-refractivity contribution < 1.29 is 17.9 Å². The van der Waals surface area contributed by atoms with Gasteiger partial charge in [-0.15, -0.1) is 0 Å². The number of hydrogen-bond donors (Lipinski definition) is 2. The number of morpholine rings is 1. The summed E-state index contributed by atoms with van der Waals surface area (Å²) >= 11 is 5.99. The van der Waals surface area contributed by atoms with Crippen molar-refractivity contribution in [1.82, 2.24) is 19.3 Å². The topological polar surface area (TPSA) is 136 Å². The summed E-state index contributed by atoms with van der Waals surface area (Å²) in [6.45, 7) is 5.06. The standard InChI is InChI=1S/C24H27ClN6O5S/c1-12-7-16(13(2)26-18-5-6-19(25)27-21(18)22(32)29-37(4,34)35)20-17(8-12)23(33)30(3)24(28-20)31-10-15-9-14(31)11-36-15/h5-8,13-15,26H,9-11H2,1-4H3,(H,29,32)/t13-,14+,15+/m1/s1. The number of ether oxygens (including phenoxy) is 1. The molecule has 4 heterocycles. The molecule has 3 aromatic rings. The van der Waals surface area contributed by atoms with E-state index in [1.165, 1.54) is 6.07 Å². The maximum absolute atomic E-state index is 13.4. The highest BCUT2D eigenvalue weighted by Gasteiger charge is 2.40. The van der Waals surface area contributed by atoms with Crippen LogP contribution in [0.25, 0.3) is 10.9 Å². The van der Waals surface area contributed by atoms with Gasteiger partial charge in [-0.05, 0) is 44.0 Å². The summed E-state index contributed by atoms with van der Waals surface area (Å²) in [5, 5.41) is 3.76. The van der Waals surface area contributed by atoms with Gasteiger partial charge in [-0.25, -0.2) is 23.1 Å². The zero-order valence-electron chi connectivity index (χ0n) is 20.8. The summed E-state index contributed by atoms with van der Waals surface area (Å²) < 4.78 is 32.5. The Bertz CT molecular complexity index is 1590. The molecule has 2 bridgehead atoms. The minimum Gasteiger partial charge on any atom is -0.377 e. The number of rotatable bonds is 6. The molecule has 1 aromatic carbocycles. The van der Waals surface area contributed by atoms with Gasteiger partial charge < -0.3 is 15.0 Å². The molecule has 0 saturated carbocycles. The molecule has 3 atom stereocenters. The van der Waals surface area contributed by atoms with Crippen molar-refractivity contribution in [2.75, 3.05) is 29.6 Å². The molecule has 13 heteroatoms. The average molecular weight is 547 g/mol. The molecule has 0 radical (unpaired) electrons. The normalized spacial score (nSPS) is 19.9. The highest BCUT2D eigenvalue weighted by atomic mass is 35.5. The fraction of sp³-hybridized carbons (Fsp3) is 0.417. The number of carbonyl (C=O) groups is 1. The number of aromatic nitrogens is 3. The van der Waals surface area contributed by atoms with Crippen LogP contribution in [0.15, 0.2) is 29.1 Å². The van der Waals surface area contributed by atoms with Gasteiger partial charge in [0.2, 0.25) is 16.0 Å². The van der Waals surface area contributed by atoms with Crippen LogP contribution in [0, 0.1) is 6.92 Å². The van der Waals surface area contributed by atoms with Crippen LogP contribution in [0.5, 0.6) is 0 Å². The quantitative estimate of drug-likeness (QED) is 0.445. The van der Waals surface area contributed by atoms with Crippen LogP contribution in [-0.4, -0.2) is 60.4 Å². The number of amides is 1. The van der Waals surface area contributed by atoms with Crippen molar-refractivity contribution in [3.63, 3.8) is 0 Å². The van der Waals surface area contributed by atoms with E-state index >= 15 is 0 Å². The third kappa shape index (κ3) is 4.88. The predicted octanol–water partition coefficient (Wildman–Crippen LogP) is 2.13. The lowest BCUT2D eigenvalue weighted by Crippen LogP contribution is -2.41. The Morgan fingerprint density at radius 2 is 2.03 bits per heavy atom. The lowest BCUT2D eigenvalue weighted by molar-refractivity contribution is 0.0976. The van der Waals surface area contributed by atoms with Crippen molar-refractivity contribution in [2.24, 2.45) is 7.05 Å². The summed E-state index contributed by atoms with van der Waals surface area (Å²) in [4.78, 5) is 37.2. The molecule has 2 saturated heterocycles. The van der Waals surface area contributed by atoms with Gasteiger partial charge >= 0.3 is 0 Å². The smallest absolute Gasteiger partial charge is 0.285 e. The number of carbonyl (C=O) groups excluding carboxylic acids is 1. The molecule has 2 aliphatic rings. The molecule has 2 N–H and O–H groups in total. The summed E-state index contributed by atoms with van der Waals surface area (Å²) in [5.74, 6) is -0.318. The molecule has 5 rings (SSSR count). The number of hydrogen-bond acceptors (Lipinski definition) is 9. The molecule has 0 spiro atoms. The van der Waals surface area contributed by atoms with Gasteiger partial charge in [-0.2, -0.15) is 0 Å². The van der Waals surface area contributed by atoms with Crippen LogP contribution in [-0.2, 0) is 21.8 Å². The lowest BCUT2D eigenvalue weighted by atomic mass is 10.0. The number of benzene rings is 1. The molecule has 11 nitrogen and oxygen atoms in total. The highest BCUT2D eigenvalue weighted by molar-refractivity contribution is 7.89. The second kappa shape index (κ2) is 9.26. The van der Waals surface area contributed by atoms with Crippen molar-refractivity contribution in [2.45, 2.75) is 38.5 Å². The second-order valence-corrected chi connectivity index (χ2v) is 11.8. The van der Waals surface area contributed by atoms with Crippen LogP contribution in [0.3, 0.4) is 0 Å². The van der Waals surface area contributed by atoms with E-state index in [9.17, 15) is 18.0 Å². The Morgan fingerprint density at radius 1 is 1.27 bits per heavy atom. The van der Waals surface area contributed by atoms with Gasteiger partial charge in [0.05, 0.1) is 47.6 Å². The van der Waals surface area contributed by atoms with Crippen molar-refractivity contribution >= 4 is 50.1 Å². The highest BCUT2D eigenvalue weighted by Crippen LogP contribution is 2.33. The van der Waals surface area contributed by atoms with Crippen molar-refractivity contribution in [3.05, 3.63) is 56.6 Å². The number of fused-ring (bicyclic) bond motifs is 3. The summed E-state index contributed by atoms with van der Waals surface area (Å²) in [6, 6.07) is 6.56. The largest absolute Gasteiger partial charge is 0.377 e. The second-order valence-electron chi connectivity index (χ2n) is 9.62. The van der Waals surface area contributed by atoms with Gasteiger partial charge in [-0.1, -0.05) is 17.7 Å². The number of anilines is 2. The Hall–Kier alpha value is -3.22. The van der Waals surface area contributed by atoms with Gasteiger partial charge in [0.15, 0.2) is 5.69 Å². The number of pyridine rings is 1. The molecule has 1 amide bonds. The molecular weight excluding hydrogens is 520 g/mol. The van der Waals surface area contributed by atoms with Gasteiger partial charge in [0.25, 0.3) is 11.5 Å². The molecule has 0 aliphatic carbocycles. The Labute approximate surface area is 218 Å². The van der Waals surface area contributed by atoms with Crippen molar-refractivity contribution in [1.29, 1.82) is 0 Å². The summed E-state index contributed by atoms with van der Waals surface area (Å²) in [7, 11) is -2.08. The van der Waals surface area contributed by atoms with Gasteiger partial charge in [0, 0.05) is 19.2 Å². The summed E-state index contributed by atoms with van der Waals surface area (Å²) in [5.41, 5.74) is 2.14. The molecule has 0 unspecified atom stereocenters. The first-order valence-electron chi connectivity index (χ1n) is 11.8. The lowest BCUT2D eigenvalue weighted by Gasteiger charge is -2.29. The maximum Gasteiger partial charge on any atom is 0.285 e. The third-order valence-corrected chi connectivity index (χ3v) is 7.45. The van der Waals surface area contributed by atoms with E-state index in [1.54, 1.807) is 17.7 Å². The van der Waals surface area contributed by atoms with E-state index in [2.05, 4.69) is 15.2 Å². The third-order valence-electron chi connectivity index (χ3n) is 6.68. The Kier molecular flexibility index (Phi) is 6.37. The van der Waals surface area contributed by atoms with E-state index in [-0.39, 0.29) is 34.2 Å². The predicted molar refractivity (Wildman–Crippen MR) is 141 cm³/mol. The minimum atomic E-state index is -3.81. The average Bonchev–Trinajstić information content (AvgIpc) is 3.45. The summed E-state index contributed by atoms with van der Waals surface area (Å²) in [6.07, 6.45) is 1.94. The minimum absolute atomic E-state index is 0.0385. The Morgan fingerprint density at radius 3 is 2.68 bits per heavy atom. The first kappa shape index (κ1) is 25.4. The van der Waals surface area contributed by atoms with Crippen LogP contribution in [0.2, 0.25) is 5.15 Å². The SMILES string of the molecule is Cc1cc([C@@H](C)Nc2ccc(Cl)nc2C(=O)NS(C)(=O)=O)c2nc(N3C[C@@H]4C[C@H]3CO4)n(C)c(=O)c2c1. The van der Waals surface area contributed by atoms with E-state index in [0.717, 1.165) is 23.8 Å². The molecule has 37 heavy (non-hydrogen) atoms. The first-order chi connectivity index (χ1) is 17.4. The van der Waals surface area contributed by atoms with Crippen molar-refractivity contribution in [3.8, 4) is 0 Å². The van der Waals surface area contributed by atoms with E-state index in [1.807, 2.05) is 30.7 Å². The number of aryl methyl sites for hydroxylation is 1. The van der Waals surface area contributed by atoms with E-state index in [0.29, 0.717) is 30.0 Å². The van der Waals surface area contributed by atoms with Crippen LogP contribution in [0.1, 0.15) is 41.0 Å². The van der Waals surface area contributed by atoms with E-state index in [4.69, 9.17) is 21.3 Å². The van der Waals surface area contributed by atoms with Crippen LogP contribution < -0.4 is 20.5 Å². The fourth-order valence-corrected chi connectivity index (χ4v) is 5.61. The monoisotopic (exact) mass is 546 g/mol. The number of nitrogens with zero attached hydrogens (tertiary/aromatic N) is 4. The number of nitrogens with one attached hydrogen (secondary N) is 2. The molecule has 2 aromatic heterocycles. The Balaban J connectivity index is 1.57. The van der Waals surface area contributed by atoms with E-state index < -0.39 is 22.0 Å². The molecule has 2 aliphatic heterocycles. The fourth-order valence-electron chi connectivity index (χ4n) is 5.03. The maximum atomic E-state index is 13.4.